The van der Waals surface area contributed by atoms with E-state index >= 15 is 0 Å². The molecule has 0 spiro atoms. The van der Waals surface area contributed by atoms with Crippen LogP contribution in [0, 0.1) is 5.41 Å². The second-order valence-electron chi connectivity index (χ2n) is 5.30. The van der Waals surface area contributed by atoms with Crippen LogP contribution >= 0.6 is 11.3 Å². The number of furan rings is 1. The van der Waals surface area contributed by atoms with E-state index in [0.717, 1.165) is 18.6 Å². The number of nitrogens with two attached hydrogens (primary N) is 1. The Hall–Kier alpha value is -1.59. The summed E-state index contributed by atoms with van der Waals surface area (Å²) in [6.45, 7) is 1.56. The van der Waals surface area contributed by atoms with Crippen LogP contribution in [0.5, 0.6) is 0 Å². The lowest BCUT2D eigenvalue weighted by atomic mass is 10.1. The molecular formula is C15H18N2O2S. The van der Waals surface area contributed by atoms with E-state index in [1.54, 1.807) is 17.6 Å². The van der Waals surface area contributed by atoms with E-state index in [4.69, 9.17) is 10.2 Å². The molecule has 0 bridgehead atoms. The molecule has 106 valence electrons. The average molecular weight is 290 g/mol. The molecule has 2 aromatic heterocycles. The summed E-state index contributed by atoms with van der Waals surface area (Å²) in [7, 11) is 0. The molecule has 0 saturated heterocycles. The van der Waals surface area contributed by atoms with E-state index in [0.29, 0.717) is 19.6 Å². The van der Waals surface area contributed by atoms with Crippen molar-refractivity contribution in [2.45, 2.75) is 25.9 Å². The summed E-state index contributed by atoms with van der Waals surface area (Å²) in [6, 6.07) is 7.80. The van der Waals surface area contributed by atoms with Gasteiger partial charge in [0.15, 0.2) is 0 Å². The highest BCUT2D eigenvalue weighted by molar-refractivity contribution is 7.09. The van der Waals surface area contributed by atoms with Gasteiger partial charge in [0.05, 0.1) is 24.8 Å². The van der Waals surface area contributed by atoms with E-state index in [-0.39, 0.29) is 11.3 Å². The van der Waals surface area contributed by atoms with Gasteiger partial charge in [0.2, 0.25) is 5.91 Å². The monoisotopic (exact) mass is 290 g/mol. The lowest BCUT2D eigenvalue weighted by Gasteiger charge is -2.25. The van der Waals surface area contributed by atoms with Crippen molar-refractivity contribution in [3.8, 4) is 0 Å². The Labute approximate surface area is 122 Å². The normalized spacial score (nSPS) is 16.1. The quantitative estimate of drug-likeness (QED) is 0.889. The van der Waals surface area contributed by atoms with Gasteiger partial charge in [0, 0.05) is 11.4 Å². The van der Waals surface area contributed by atoms with Gasteiger partial charge in [-0.3, -0.25) is 4.79 Å². The maximum absolute atomic E-state index is 12.7. The van der Waals surface area contributed by atoms with E-state index in [1.165, 1.54) is 4.88 Å². The molecule has 2 N–H and O–H groups in total. The molecule has 1 aliphatic rings. The lowest BCUT2D eigenvalue weighted by Crippen LogP contribution is -2.39. The molecule has 5 heteroatoms. The zero-order chi connectivity index (χ0) is 14.0. The Morgan fingerprint density at radius 3 is 2.75 bits per heavy atom. The fraction of sp³-hybridized carbons (Fsp3) is 0.400. The minimum atomic E-state index is -0.316. The highest BCUT2D eigenvalue weighted by Crippen LogP contribution is 2.46. The van der Waals surface area contributed by atoms with Crippen molar-refractivity contribution in [1.29, 1.82) is 0 Å². The summed E-state index contributed by atoms with van der Waals surface area (Å²) in [6.07, 6.45) is 3.45. The summed E-state index contributed by atoms with van der Waals surface area (Å²) >= 11 is 1.66. The van der Waals surface area contributed by atoms with E-state index in [2.05, 4.69) is 6.07 Å². The van der Waals surface area contributed by atoms with Crippen molar-refractivity contribution >= 4 is 17.2 Å². The Morgan fingerprint density at radius 2 is 2.20 bits per heavy atom. The molecule has 0 unspecified atom stereocenters. The second kappa shape index (κ2) is 5.42. The van der Waals surface area contributed by atoms with E-state index < -0.39 is 0 Å². The molecule has 1 fully saturated rings. The van der Waals surface area contributed by atoms with Crippen LogP contribution in [0.3, 0.4) is 0 Å². The first-order valence-electron chi connectivity index (χ1n) is 6.78. The predicted octanol–water partition coefficient (Wildman–Crippen LogP) is 2.61. The van der Waals surface area contributed by atoms with Crippen molar-refractivity contribution in [2.24, 2.45) is 11.1 Å². The van der Waals surface area contributed by atoms with Crippen molar-refractivity contribution in [1.82, 2.24) is 4.90 Å². The minimum Gasteiger partial charge on any atom is -0.467 e. The topological polar surface area (TPSA) is 59.5 Å². The molecule has 1 amide bonds. The van der Waals surface area contributed by atoms with Crippen molar-refractivity contribution < 1.29 is 9.21 Å². The third kappa shape index (κ3) is 2.64. The van der Waals surface area contributed by atoms with Gasteiger partial charge in [0.1, 0.15) is 5.76 Å². The molecule has 20 heavy (non-hydrogen) atoms. The highest BCUT2D eigenvalue weighted by Gasteiger charge is 2.50. The first-order chi connectivity index (χ1) is 9.73. The molecule has 0 aromatic carbocycles. The van der Waals surface area contributed by atoms with Gasteiger partial charge < -0.3 is 15.1 Å². The predicted molar refractivity (Wildman–Crippen MR) is 78.0 cm³/mol. The molecule has 1 saturated carbocycles. The number of hydrogen-bond acceptors (Lipinski definition) is 4. The average Bonchev–Trinajstić information content (AvgIpc) is 2.87. The molecule has 4 nitrogen and oxygen atoms in total. The first kappa shape index (κ1) is 13.4. The van der Waals surface area contributed by atoms with Crippen LogP contribution < -0.4 is 5.73 Å². The molecular weight excluding hydrogens is 272 g/mol. The second-order valence-corrected chi connectivity index (χ2v) is 6.34. The van der Waals surface area contributed by atoms with Crippen molar-refractivity contribution in [3.05, 3.63) is 46.5 Å². The number of nitrogens with zero attached hydrogens (tertiary/aromatic N) is 1. The molecule has 3 rings (SSSR count). The molecule has 0 aliphatic heterocycles. The van der Waals surface area contributed by atoms with Crippen LogP contribution in [0.15, 0.2) is 40.3 Å². The van der Waals surface area contributed by atoms with Crippen LogP contribution in [-0.2, 0) is 17.9 Å². The minimum absolute atomic E-state index is 0.157. The maximum atomic E-state index is 12.7. The van der Waals surface area contributed by atoms with Gasteiger partial charge in [-0.25, -0.2) is 0 Å². The fourth-order valence-electron chi connectivity index (χ4n) is 2.37. The van der Waals surface area contributed by atoms with Gasteiger partial charge in [0.25, 0.3) is 0 Å². The Bertz CT molecular complexity index is 522. The van der Waals surface area contributed by atoms with Crippen LogP contribution in [0.4, 0.5) is 0 Å². The summed E-state index contributed by atoms with van der Waals surface area (Å²) < 4.78 is 5.38. The number of thiophene rings is 1. The van der Waals surface area contributed by atoms with Crippen LogP contribution in [-0.4, -0.2) is 17.4 Å². The molecule has 1 aliphatic carbocycles. The third-order valence-corrected chi connectivity index (χ3v) is 4.70. The van der Waals surface area contributed by atoms with Crippen molar-refractivity contribution in [3.63, 3.8) is 0 Å². The van der Waals surface area contributed by atoms with Crippen LogP contribution in [0.1, 0.15) is 23.5 Å². The SMILES string of the molecule is NCC1(C(=O)N(Cc2ccco2)Cc2cccs2)CC1. The Balaban J connectivity index is 1.77. The summed E-state index contributed by atoms with van der Waals surface area (Å²) in [4.78, 5) is 15.8. The Kier molecular flexibility index (Phi) is 3.63. The first-order valence-corrected chi connectivity index (χ1v) is 7.66. The number of hydrogen-bond donors (Lipinski definition) is 1. The lowest BCUT2D eigenvalue weighted by molar-refractivity contribution is -0.138. The maximum Gasteiger partial charge on any atom is 0.230 e. The summed E-state index contributed by atoms with van der Waals surface area (Å²) in [5, 5.41) is 2.03. The smallest absolute Gasteiger partial charge is 0.230 e. The molecule has 0 atom stereocenters. The number of rotatable bonds is 6. The van der Waals surface area contributed by atoms with Crippen LogP contribution in [0.2, 0.25) is 0 Å². The largest absolute Gasteiger partial charge is 0.467 e. The zero-order valence-electron chi connectivity index (χ0n) is 11.2. The standard InChI is InChI=1S/C15H18N2O2S/c16-11-15(5-6-15)14(18)17(9-12-3-1-7-19-12)10-13-4-2-8-20-13/h1-4,7-8H,5-6,9-11,16H2. The van der Waals surface area contributed by atoms with Gasteiger partial charge in [-0.2, -0.15) is 0 Å². The third-order valence-electron chi connectivity index (χ3n) is 3.84. The molecule has 0 radical (unpaired) electrons. The van der Waals surface area contributed by atoms with Gasteiger partial charge >= 0.3 is 0 Å². The van der Waals surface area contributed by atoms with E-state index in [1.807, 2.05) is 28.5 Å². The van der Waals surface area contributed by atoms with Gasteiger partial charge in [-0.1, -0.05) is 6.07 Å². The highest BCUT2D eigenvalue weighted by atomic mass is 32.1. The zero-order valence-corrected chi connectivity index (χ0v) is 12.1. The fourth-order valence-corrected chi connectivity index (χ4v) is 3.09. The Morgan fingerprint density at radius 1 is 1.35 bits per heavy atom. The number of carbonyl (C=O) groups excluding carboxylic acids is 1. The van der Waals surface area contributed by atoms with E-state index in [9.17, 15) is 4.79 Å². The summed E-state index contributed by atoms with van der Waals surface area (Å²) in [5.41, 5.74) is 5.47. The molecule has 2 aromatic rings. The van der Waals surface area contributed by atoms with Gasteiger partial charge in [-0.15, -0.1) is 11.3 Å². The van der Waals surface area contributed by atoms with Gasteiger partial charge in [-0.05, 0) is 36.4 Å². The number of carbonyl (C=O) groups is 1. The van der Waals surface area contributed by atoms with Crippen LogP contribution in [0.25, 0.3) is 0 Å². The summed E-state index contributed by atoms with van der Waals surface area (Å²) in [5.74, 6) is 0.965. The molecule has 2 heterocycles. The number of amides is 1. The van der Waals surface area contributed by atoms with Crippen molar-refractivity contribution in [2.75, 3.05) is 6.54 Å².